The Hall–Kier alpha value is -1.02. The second-order valence-corrected chi connectivity index (χ2v) is 5.17. The normalized spacial score (nSPS) is 29.0. The first kappa shape index (κ1) is 12.4. The van der Waals surface area contributed by atoms with Crippen LogP contribution in [0.5, 0.6) is 5.75 Å². The molecule has 94 valence electrons. The van der Waals surface area contributed by atoms with E-state index >= 15 is 0 Å². The summed E-state index contributed by atoms with van der Waals surface area (Å²) >= 11 is 0. The maximum absolute atomic E-state index is 10.7. The molecule has 0 saturated heterocycles. The second kappa shape index (κ2) is 5.09. The van der Waals surface area contributed by atoms with Crippen LogP contribution in [0.4, 0.5) is 0 Å². The van der Waals surface area contributed by atoms with Gasteiger partial charge in [0.25, 0.3) is 0 Å². The Labute approximate surface area is 104 Å². The van der Waals surface area contributed by atoms with Crippen LogP contribution in [0.1, 0.15) is 45.1 Å². The monoisotopic (exact) mass is 234 g/mol. The average molecular weight is 234 g/mol. The lowest BCUT2D eigenvalue weighted by Gasteiger charge is -2.35. The second-order valence-electron chi connectivity index (χ2n) is 5.17. The molecule has 0 spiro atoms. The quantitative estimate of drug-likeness (QED) is 0.867. The number of benzene rings is 1. The molecule has 17 heavy (non-hydrogen) atoms. The van der Waals surface area contributed by atoms with E-state index < -0.39 is 5.60 Å². The van der Waals surface area contributed by atoms with E-state index in [1.165, 1.54) is 0 Å². The van der Waals surface area contributed by atoms with E-state index in [4.69, 9.17) is 4.74 Å². The van der Waals surface area contributed by atoms with Crippen molar-refractivity contribution < 1.29 is 9.84 Å². The molecular formula is C15H22O2. The lowest BCUT2D eigenvalue weighted by Crippen LogP contribution is -2.30. The Balaban J connectivity index is 2.17. The molecule has 0 unspecified atom stereocenters. The van der Waals surface area contributed by atoms with E-state index in [-0.39, 0.29) is 0 Å². The first-order valence-electron chi connectivity index (χ1n) is 6.60. The van der Waals surface area contributed by atoms with Crippen molar-refractivity contribution in [3.05, 3.63) is 29.8 Å². The third-order valence-corrected chi connectivity index (χ3v) is 3.78. The van der Waals surface area contributed by atoms with Gasteiger partial charge in [-0.1, -0.05) is 19.1 Å². The molecule has 1 aliphatic rings. The minimum absolute atomic E-state index is 0.639. The van der Waals surface area contributed by atoms with Crippen LogP contribution in [-0.2, 0) is 5.60 Å². The van der Waals surface area contributed by atoms with Crippen LogP contribution in [0.25, 0.3) is 0 Å². The van der Waals surface area contributed by atoms with Crippen molar-refractivity contribution in [3.63, 3.8) is 0 Å². The molecule has 0 amide bonds. The summed E-state index contributed by atoms with van der Waals surface area (Å²) in [7, 11) is 0. The topological polar surface area (TPSA) is 29.5 Å². The summed E-state index contributed by atoms with van der Waals surface area (Å²) in [5.41, 5.74) is 0.370. The van der Waals surface area contributed by atoms with Gasteiger partial charge < -0.3 is 9.84 Å². The van der Waals surface area contributed by atoms with Gasteiger partial charge in [-0.15, -0.1) is 0 Å². The van der Waals surface area contributed by atoms with Crippen LogP contribution in [0.3, 0.4) is 0 Å². The summed E-state index contributed by atoms with van der Waals surface area (Å²) in [4.78, 5) is 0. The van der Waals surface area contributed by atoms with Gasteiger partial charge in [0.1, 0.15) is 5.75 Å². The zero-order valence-electron chi connectivity index (χ0n) is 10.8. The molecule has 1 saturated carbocycles. The van der Waals surface area contributed by atoms with E-state index in [1.807, 2.05) is 31.2 Å². The smallest absolute Gasteiger partial charge is 0.119 e. The average Bonchev–Trinajstić information content (AvgIpc) is 2.34. The van der Waals surface area contributed by atoms with Gasteiger partial charge in [0.15, 0.2) is 0 Å². The van der Waals surface area contributed by atoms with E-state index in [2.05, 4.69) is 6.92 Å². The molecule has 0 aliphatic heterocycles. The number of aliphatic hydroxyl groups is 1. The van der Waals surface area contributed by atoms with Crippen molar-refractivity contribution in [3.8, 4) is 5.75 Å². The molecule has 2 heteroatoms. The van der Waals surface area contributed by atoms with Crippen LogP contribution in [0.15, 0.2) is 24.3 Å². The highest BCUT2D eigenvalue weighted by atomic mass is 16.5. The molecule has 1 aromatic rings. The Morgan fingerprint density at radius 1 is 1.35 bits per heavy atom. The maximum atomic E-state index is 10.7. The standard InChI is InChI=1S/C15H22O2/c1-3-17-14-6-4-5-13(11-14)15(16)9-7-12(2)8-10-15/h4-6,11-12,16H,3,7-10H2,1-2H3. The van der Waals surface area contributed by atoms with Crippen molar-refractivity contribution in [2.75, 3.05) is 6.61 Å². The predicted molar refractivity (Wildman–Crippen MR) is 69.1 cm³/mol. The van der Waals surface area contributed by atoms with E-state index in [0.29, 0.717) is 6.61 Å². The minimum Gasteiger partial charge on any atom is -0.494 e. The van der Waals surface area contributed by atoms with E-state index in [0.717, 1.165) is 42.9 Å². The van der Waals surface area contributed by atoms with Gasteiger partial charge in [0, 0.05) is 0 Å². The molecule has 0 heterocycles. The fourth-order valence-corrected chi connectivity index (χ4v) is 2.57. The van der Waals surface area contributed by atoms with Gasteiger partial charge in [-0.05, 0) is 56.2 Å². The van der Waals surface area contributed by atoms with Crippen LogP contribution in [0.2, 0.25) is 0 Å². The molecule has 0 bridgehead atoms. The SMILES string of the molecule is CCOc1cccc(C2(O)CCC(C)CC2)c1. The highest BCUT2D eigenvalue weighted by Gasteiger charge is 2.33. The van der Waals surface area contributed by atoms with Crippen LogP contribution < -0.4 is 4.74 Å². The van der Waals surface area contributed by atoms with Crippen molar-refractivity contribution >= 4 is 0 Å². The van der Waals surface area contributed by atoms with Crippen LogP contribution in [0, 0.1) is 5.92 Å². The first-order valence-corrected chi connectivity index (χ1v) is 6.60. The fraction of sp³-hybridized carbons (Fsp3) is 0.600. The van der Waals surface area contributed by atoms with Crippen molar-refractivity contribution in [1.82, 2.24) is 0 Å². The largest absolute Gasteiger partial charge is 0.494 e. The lowest BCUT2D eigenvalue weighted by atomic mass is 9.76. The van der Waals surface area contributed by atoms with E-state index in [1.54, 1.807) is 0 Å². The van der Waals surface area contributed by atoms with E-state index in [9.17, 15) is 5.11 Å². The zero-order chi connectivity index (χ0) is 12.3. The fourth-order valence-electron chi connectivity index (χ4n) is 2.57. The molecule has 0 aromatic heterocycles. The highest BCUT2D eigenvalue weighted by Crippen LogP contribution is 2.40. The molecule has 2 nitrogen and oxygen atoms in total. The lowest BCUT2D eigenvalue weighted by molar-refractivity contribution is -0.0121. The van der Waals surface area contributed by atoms with Crippen molar-refractivity contribution in [2.24, 2.45) is 5.92 Å². The molecule has 2 rings (SSSR count). The number of rotatable bonds is 3. The predicted octanol–water partition coefficient (Wildman–Crippen LogP) is 3.48. The number of hydrogen-bond acceptors (Lipinski definition) is 2. The zero-order valence-corrected chi connectivity index (χ0v) is 10.8. The van der Waals surface area contributed by atoms with Gasteiger partial charge in [0.05, 0.1) is 12.2 Å². The van der Waals surface area contributed by atoms with Crippen molar-refractivity contribution in [2.45, 2.75) is 45.1 Å². The molecule has 0 atom stereocenters. The first-order chi connectivity index (χ1) is 8.14. The minimum atomic E-state index is -0.639. The highest BCUT2D eigenvalue weighted by molar-refractivity contribution is 5.32. The number of ether oxygens (including phenoxy) is 1. The molecular weight excluding hydrogens is 212 g/mol. The Morgan fingerprint density at radius 3 is 2.71 bits per heavy atom. The van der Waals surface area contributed by atoms with Gasteiger partial charge in [-0.3, -0.25) is 0 Å². The Bertz CT molecular complexity index is 365. The van der Waals surface area contributed by atoms with Gasteiger partial charge in [-0.25, -0.2) is 0 Å². The summed E-state index contributed by atoms with van der Waals surface area (Å²) < 4.78 is 5.49. The molecule has 1 aromatic carbocycles. The summed E-state index contributed by atoms with van der Waals surface area (Å²) in [6.07, 6.45) is 3.94. The molecule has 0 radical (unpaired) electrons. The van der Waals surface area contributed by atoms with Crippen molar-refractivity contribution in [1.29, 1.82) is 0 Å². The van der Waals surface area contributed by atoms with Gasteiger partial charge in [0.2, 0.25) is 0 Å². The third kappa shape index (κ3) is 2.81. The third-order valence-electron chi connectivity index (χ3n) is 3.78. The number of hydrogen-bond donors (Lipinski definition) is 1. The summed E-state index contributed by atoms with van der Waals surface area (Å²) in [5.74, 6) is 1.60. The van der Waals surface area contributed by atoms with Crippen LogP contribution >= 0.6 is 0 Å². The molecule has 1 aliphatic carbocycles. The Kier molecular flexibility index (Phi) is 3.72. The maximum Gasteiger partial charge on any atom is 0.119 e. The molecule has 1 N–H and O–H groups in total. The summed E-state index contributed by atoms with van der Waals surface area (Å²) in [6, 6.07) is 7.91. The summed E-state index contributed by atoms with van der Waals surface area (Å²) in [5, 5.41) is 10.7. The van der Waals surface area contributed by atoms with Gasteiger partial charge in [-0.2, -0.15) is 0 Å². The summed E-state index contributed by atoms with van der Waals surface area (Å²) in [6.45, 7) is 4.90. The van der Waals surface area contributed by atoms with Crippen LogP contribution in [-0.4, -0.2) is 11.7 Å². The Morgan fingerprint density at radius 2 is 2.06 bits per heavy atom. The molecule has 1 fully saturated rings. The van der Waals surface area contributed by atoms with Gasteiger partial charge >= 0.3 is 0 Å².